The number of nitrogens with one attached hydrogen (secondary N) is 1. The Morgan fingerprint density at radius 1 is 1.05 bits per heavy atom. The number of methoxy groups -OCH3 is 1. The van der Waals surface area contributed by atoms with Crippen LogP contribution in [0.25, 0.3) is 0 Å². The number of ether oxygens (including phenoxy) is 1. The predicted octanol–water partition coefficient (Wildman–Crippen LogP) is 5.40. The van der Waals surface area contributed by atoms with E-state index in [1.54, 1.807) is 6.92 Å². The van der Waals surface area contributed by atoms with E-state index in [2.05, 4.69) is 5.32 Å². The molecule has 0 bridgehead atoms. The van der Waals surface area contributed by atoms with Crippen LogP contribution in [-0.2, 0) is 26.2 Å². The molecule has 3 aromatic rings. The summed E-state index contributed by atoms with van der Waals surface area (Å²) < 4.78 is 34.6. The predicted molar refractivity (Wildman–Crippen MR) is 169 cm³/mol. The SMILES string of the molecule is COc1ccc(Cl)cc1N(CC(=O)N(Cc1ccc(C)cc1)[C@H](C)C(=O)NC(C)(C)C)S(=O)(=O)c1ccc(C)c([N+](=O)[O-])c1. The number of aryl methyl sites for hydroxylation is 2. The molecule has 236 valence electrons. The molecule has 0 aromatic heterocycles. The molecule has 3 rings (SSSR count). The molecule has 0 radical (unpaired) electrons. The van der Waals surface area contributed by atoms with Gasteiger partial charge in [0.25, 0.3) is 15.7 Å². The third-order valence-corrected chi connectivity index (χ3v) is 8.78. The third kappa shape index (κ3) is 8.26. The second kappa shape index (κ2) is 13.6. The van der Waals surface area contributed by atoms with E-state index in [9.17, 15) is 28.1 Å². The minimum absolute atomic E-state index is 0.00835. The molecule has 0 saturated heterocycles. The Morgan fingerprint density at radius 2 is 1.68 bits per heavy atom. The van der Waals surface area contributed by atoms with Gasteiger partial charge in [-0.1, -0.05) is 47.5 Å². The Labute approximate surface area is 263 Å². The first-order valence-electron chi connectivity index (χ1n) is 13.7. The summed E-state index contributed by atoms with van der Waals surface area (Å²) in [4.78, 5) is 39.3. The summed E-state index contributed by atoms with van der Waals surface area (Å²) in [7, 11) is -3.28. The summed E-state index contributed by atoms with van der Waals surface area (Å²) in [5.41, 5.74) is 0.946. The Bertz CT molecular complexity index is 1650. The highest BCUT2D eigenvalue weighted by atomic mass is 35.5. The summed E-state index contributed by atoms with van der Waals surface area (Å²) in [6.07, 6.45) is 0. The van der Waals surface area contributed by atoms with Crippen molar-refractivity contribution in [1.82, 2.24) is 10.2 Å². The zero-order valence-electron chi connectivity index (χ0n) is 25.8. The second-order valence-corrected chi connectivity index (χ2v) is 13.8. The van der Waals surface area contributed by atoms with Gasteiger partial charge >= 0.3 is 0 Å². The molecule has 1 atom stereocenters. The van der Waals surface area contributed by atoms with Crippen LogP contribution in [0.4, 0.5) is 11.4 Å². The standard InChI is InChI=1S/C31H37ClN4O7S/c1-20-8-11-23(12-9-20)18-34(22(3)30(38)33-31(4,5)6)29(37)19-35(27-16-24(32)13-15-28(27)43-7)44(41,42)25-14-10-21(2)26(17-25)36(39)40/h8-17,22H,18-19H2,1-7H3,(H,33,38)/t22-/m1/s1. The molecule has 11 nitrogen and oxygen atoms in total. The Balaban J connectivity index is 2.16. The van der Waals surface area contributed by atoms with Gasteiger partial charge in [-0.05, 0) is 71.4 Å². The molecule has 13 heteroatoms. The van der Waals surface area contributed by atoms with E-state index in [0.29, 0.717) is 0 Å². The topological polar surface area (TPSA) is 139 Å². The Kier molecular flexibility index (Phi) is 10.6. The number of hydrogen-bond acceptors (Lipinski definition) is 7. The summed E-state index contributed by atoms with van der Waals surface area (Å²) in [6, 6.07) is 14.2. The smallest absolute Gasteiger partial charge is 0.273 e. The van der Waals surface area contributed by atoms with Crippen LogP contribution in [0.1, 0.15) is 44.4 Å². The van der Waals surface area contributed by atoms with Gasteiger partial charge in [-0.15, -0.1) is 0 Å². The third-order valence-electron chi connectivity index (χ3n) is 6.79. The number of nitro groups is 1. The van der Waals surface area contributed by atoms with E-state index in [-0.39, 0.29) is 28.6 Å². The fraction of sp³-hybridized carbons (Fsp3) is 0.355. The molecule has 0 fully saturated rings. The van der Waals surface area contributed by atoms with Crippen molar-refractivity contribution in [3.63, 3.8) is 0 Å². The quantitative estimate of drug-likeness (QED) is 0.218. The molecule has 0 aliphatic heterocycles. The van der Waals surface area contributed by atoms with E-state index in [0.717, 1.165) is 21.5 Å². The molecular weight excluding hydrogens is 608 g/mol. The lowest BCUT2D eigenvalue weighted by atomic mass is 10.1. The zero-order valence-corrected chi connectivity index (χ0v) is 27.3. The van der Waals surface area contributed by atoms with Gasteiger partial charge in [0.1, 0.15) is 18.3 Å². The number of hydrogen-bond donors (Lipinski definition) is 1. The monoisotopic (exact) mass is 644 g/mol. The highest BCUT2D eigenvalue weighted by Crippen LogP contribution is 2.36. The average Bonchev–Trinajstić information content (AvgIpc) is 2.94. The lowest BCUT2D eigenvalue weighted by Gasteiger charge is -2.33. The van der Waals surface area contributed by atoms with E-state index in [4.69, 9.17) is 16.3 Å². The highest BCUT2D eigenvalue weighted by molar-refractivity contribution is 7.92. The lowest BCUT2D eigenvalue weighted by Crippen LogP contribution is -2.54. The van der Waals surface area contributed by atoms with Gasteiger partial charge in [-0.2, -0.15) is 0 Å². The van der Waals surface area contributed by atoms with Crippen molar-refractivity contribution >= 4 is 44.8 Å². The van der Waals surface area contributed by atoms with Gasteiger partial charge in [0.2, 0.25) is 11.8 Å². The van der Waals surface area contributed by atoms with Crippen molar-refractivity contribution in [3.8, 4) is 5.75 Å². The first-order valence-corrected chi connectivity index (χ1v) is 15.5. The molecule has 0 aliphatic carbocycles. The van der Waals surface area contributed by atoms with Crippen molar-refractivity contribution in [1.29, 1.82) is 0 Å². The van der Waals surface area contributed by atoms with Gasteiger partial charge in [-0.3, -0.25) is 24.0 Å². The fourth-order valence-corrected chi connectivity index (χ4v) is 6.00. The van der Waals surface area contributed by atoms with Gasteiger partial charge < -0.3 is 15.0 Å². The minimum atomic E-state index is -4.62. The molecule has 0 heterocycles. The van der Waals surface area contributed by atoms with Crippen LogP contribution in [0.3, 0.4) is 0 Å². The van der Waals surface area contributed by atoms with E-state index in [1.807, 2.05) is 52.0 Å². The van der Waals surface area contributed by atoms with E-state index in [1.165, 1.54) is 49.3 Å². The highest BCUT2D eigenvalue weighted by Gasteiger charge is 2.35. The number of halogens is 1. The molecule has 0 unspecified atom stereocenters. The number of amides is 2. The van der Waals surface area contributed by atoms with Crippen LogP contribution >= 0.6 is 11.6 Å². The maximum absolute atomic E-state index is 14.2. The number of carbonyl (C=O) groups excluding carboxylic acids is 2. The van der Waals surface area contributed by atoms with Crippen molar-refractivity contribution < 1.29 is 27.7 Å². The van der Waals surface area contributed by atoms with Crippen LogP contribution < -0.4 is 14.4 Å². The molecule has 44 heavy (non-hydrogen) atoms. The minimum Gasteiger partial charge on any atom is -0.495 e. The molecule has 1 N–H and O–H groups in total. The van der Waals surface area contributed by atoms with Crippen molar-refractivity contribution in [3.05, 3.63) is 92.5 Å². The second-order valence-electron chi connectivity index (χ2n) is 11.5. The first kappa shape index (κ1) is 34.3. The number of benzene rings is 3. The number of carbonyl (C=O) groups is 2. The largest absolute Gasteiger partial charge is 0.495 e. The summed E-state index contributed by atoms with van der Waals surface area (Å²) in [6.45, 7) is 9.65. The van der Waals surface area contributed by atoms with Gasteiger partial charge in [0, 0.05) is 28.7 Å². The van der Waals surface area contributed by atoms with E-state index < -0.39 is 55.5 Å². The molecular formula is C31H37ClN4O7S. The number of nitro benzene ring substituents is 1. The van der Waals surface area contributed by atoms with Crippen molar-refractivity contribution in [2.75, 3.05) is 18.0 Å². The number of nitrogens with zero attached hydrogens (tertiary/aromatic N) is 3. The Hall–Kier alpha value is -4.16. The van der Waals surface area contributed by atoms with Gasteiger partial charge in [0.15, 0.2) is 0 Å². The maximum atomic E-state index is 14.2. The van der Waals surface area contributed by atoms with Crippen LogP contribution in [0.5, 0.6) is 5.75 Å². The summed E-state index contributed by atoms with van der Waals surface area (Å²) >= 11 is 6.26. The van der Waals surface area contributed by atoms with Crippen LogP contribution in [0, 0.1) is 24.0 Å². The van der Waals surface area contributed by atoms with Crippen molar-refractivity contribution in [2.24, 2.45) is 0 Å². The van der Waals surface area contributed by atoms with E-state index >= 15 is 0 Å². The molecule has 3 aromatic carbocycles. The zero-order chi connectivity index (χ0) is 33.0. The van der Waals surface area contributed by atoms with Crippen LogP contribution in [-0.4, -0.2) is 55.3 Å². The average molecular weight is 645 g/mol. The number of rotatable bonds is 11. The Morgan fingerprint density at radius 3 is 2.25 bits per heavy atom. The van der Waals surface area contributed by atoms with Gasteiger partial charge in [-0.25, -0.2) is 8.42 Å². The van der Waals surface area contributed by atoms with Crippen molar-refractivity contribution in [2.45, 2.75) is 64.6 Å². The molecule has 0 saturated carbocycles. The fourth-order valence-electron chi connectivity index (χ4n) is 4.39. The normalized spacial score (nSPS) is 12.3. The first-order chi connectivity index (χ1) is 20.4. The summed E-state index contributed by atoms with van der Waals surface area (Å²) in [5, 5.41) is 14.7. The van der Waals surface area contributed by atoms with Crippen LogP contribution in [0.15, 0.2) is 65.6 Å². The molecule has 0 spiro atoms. The molecule has 0 aliphatic rings. The van der Waals surface area contributed by atoms with Crippen LogP contribution in [0.2, 0.25) is 5.02 Å². The maximum Gasteiger partial charge on any atom is 0.273 e. The molecule has 2 amide bonds. The lowest BCUT2D eigenvalue weighted by molar-refractivity contribution is -0.385. The number of sulfonamides is 1. The van der Waals surface area contributed by atoms with Gasteiger partial charge in [0.05, 0.1) is 22.6 Å². The summed E-state index contributed by atoms with van der Waals surface area (Å²) in [5.74, 6) is -1.03. The number of anilines is 1.